The summed E-state index contributed by atoms with van der Waals surface area (Å²) >= 11 is 0. The molecule has 3 rings (SSSR count). The van der Waals surface area contributed by atoms with Crippen LogP contribution in [0.1, 0.15) is 15.9 Å². The molecule has 140 valence electrons. The molecule has 7 nitrogen and oxygen atoms in total. The number of amides is 1. The van der Waals surface area contributed by atoms with Crippen molar-refractivity contribution in [3.8, 4) is 17.6 Å². The van der Waals surface area contributed by atoms with Gasteiger partial charge in [-0.1, -0.05) is 0 Å². The number of pyridine rings is 1. The minimum absolute atomic E-state index is 0.316. The van der Waals surface area contributed by atoms with Gasteiger partial charge in [0.2, 0.25) is 0 Å². The van der Waals surface area contributed by atoms with Crippen molar-refractivity contribution < 1.29 is 14.3 Å². The number of nitrogens with one attached hydrogen (secondary N) is 2. The number of benzene rings is 2. The first-order chi connectivity index (χ1) is 13.6. The summed E-state index contributed by atoms with van der Waals surface area (Å²) in [6.07, 6.45) is 1.48. The average Bonchev–Trinajstić information content (AvgIpc) is 2.74. The summed E-state index contributed by atoms with van der Waals surface area (Å²) in [6, 6.07) is 17.6. The first-order valence-corrected chi connectivity index (χ1v) is 8.39. The second-order valence-corrected chi connectivity index (χ2v) is 5.77. The maximum atomic E-state index is 12.5. The number of carbonyl (C=O) groups excluding carboxylic acids is 1. The maximum absolute atomic E-state index is 12.5. The Balaban J connectivity index is 1.70. The van der Waals surface area contributed by atoms with E-state index in [1.165, 1.54) is 13.3 Å². The van der Waals surface area contributed by atoms with Crippen LogP contribution in [0.2, 0.25) is 0 Å². The van der Waals surface area contributed by atoms with E-state index in [0.717, 1.165) is 5.69 Å². The van der Waals surface area contributed by atoms with E-state index in [9.17, 15) is 4.79 Å². The van der Waals surface area contributed by atoms with Gasteiger partial charge < -0.3 is 20.1 Å². The van der Waals surface area contributed by atoms with Crippen LogP contribution < -0.4 is 20.1 Å². The number of rotatable bonds is 6. The molecule has 2 aromatic carbocycles. The van der Waals surface area contributed by atoms with Crippen LogP contribution in [0.25, 0.3) is 0 Å². The fourth-order valence-corrected chi connectivity index (χ4v) is 2.48. The van der Waals surface area contributed by atoms with E-state index in [2.05, 4.69) is 21.7 Å². The highest BCUT2D eigenvalue weighted by Gasteiger charge is 2.11. The first kappa shape index (κ1) is 18.7. The monoisotopic (exact) mass is 374 g/mol. The molecule has 1 amide bonds. The summed E-state index contributed by atoms with van der Waals surface area (Å²) in [5, 5.41) is 14.7. The van der Waals surface area contributed by atoms with E-state index < -0.39 is 0 Å². The molecule has 0 atom stereocenters. The second-order valence-electron chi connectivity index (χ2n) is 5.77. The molecular formula is C21H18N4O3. The molecule has 2 N–H and O–H groups in total. The molecule has 7 heteroatoms. The third-order valence-corrected chi connectivity index (χ3v) is 3.97. The van der Waals surface area contributed by atoms with E-state index in [0.29, 0.717) is 34.1 Å². The number of ether oxygens (including phenoxy) is 2. The SMILES string of the molecule is COc1ccc(OC)c(NC(=O)c2ccc(Nc3ccc(C#N)cc3)nc2)c1. The van der Waals surface area contributed by atoms with Crippen LogP contribution in [0, 0.1) is 11.3 Å². The molecule has 1 aromatic heterocycles. The Hall–Kier alpha value is -4.05. The van der Waals surface area contributed by atoms with E-state index in [1.54, 1.807) is 61.7 Å². The van der Waals surface area contributed by atoms with Crippen molar-refractivity contribution in [3.05, 3.63) is 71.9 Å². The zero-order chi connectivity index (χ0) is 19.9. The highest BCUT2D eigenvalue weighted by Crippen LogP contribution is 2.29. The highest BCUT2D eigenvalue weighted by atomic mass is 16.5. The number of hydrogen-bond acceptors (Lipinski definition) is 6. The van der Waals surface area contributed by atoms with Crippen molar-refractivity contribution in [2.24, 2.45) is 0 Å². The lowest BCUT2D eigenvalue weighted by molar-refractivity contribution is 0.102. The van der Waals surface area contributed by atoms with Crippen molar-refractivity contribution >= 4 is 23.1 Å². The number of carbonyl (C=O) groups is 1. The second kappa shape index (κ2) is 8.56. The number of nitriles is 1. The minimum atomic E-state index is -0.316. The van der Waals surface area contributed by atoms with Crippen molar-refractivity contribution in [2.45, 2.75) is 0 Å². The Kier molecular flexibility index (Phi) is 5.72. The summed E-state index contributed by atoms with van der Waals surface area (Å²) in [4.78, 5) is 16.8. The van der Waals surface area contributed by atoms with Gasteiger partial charge in [-0.25, -0.2) is 4.98 Å². The molecule has 0 saturated heterocycles. The largest absolute Gasteiger partial charge is 0.497 e. The molecule has 0 aliphatic rings. The van der Waals surface area contributed by atoms with E-state index in [4.69, 9.17) is 14.7 Å². The van der Waals surface area contributed by atoms with Gasteiger partial charge in [-0.15, -0.1) is 0 Å². The molecule has 0 aliphatic heterocycles. The zero-order valence-corrected chi connectivity index (χ0v) is 15.4. The normalized spacial score (nSPS) is 9.89. The highest BCUT2D eigenvalue weighted by molar-refractivity contribution is 6.05. The Labute approximate surface area is 162 Å². The standard InChI is InChI=1S/C21H18N4O3/c1-27-17-8-9-19(28-2)18(11-17)25-21(26)15-5-10-20(23-13-15)24-16-6-3-14(12-22)4-7-16/h3-11,13H,1-2H3,(H,23,24)(H,25,26). The number of hydrogen-bond donors (Lipinski definition) is 2. The Morgan fingerprint density at radius 1 is 1.04 bits per heavy atom. The summed E-state index contributed by atoms with van der Waals surface area (Å²) in [5.41, 5.74) is 2.28. The third-order valence-electron chi connectivity index (χ3n) is 3.97. The summed E-state index contributed by atoms with van der Waals surface area (Å²) in [6.45, 7) is 0. The lowest BCUT2D eigenvalue weighted by Crippen LogP contribution is -2.13. The minimum Gasteiger partial charge on any atom is -0.497 e. The van der Waals surface area contributed by atoms with Crippen LogP contribution in [0.15, 0.2) is 60.8 Å². The number of anilines is 3. The Morgan fingerprint density at radius 2 is 1.82 bits per heavy atom. The van der Waals surface area contributed by atoms with Crippen LogP contribution >= 0.6 is 0 Å². The van der Waals surface area contributed by atoms with Crippen molar-refractivity contribution in [2.75, 3.05) is 24.9 Å². The lowest BCUT2D eigenvalue weighted by atomic mass is 10.2. The van der Waals surface area contributed by atoms with Crippen LogP contribution in [0.4, 0.5) is 17.2 Å². The van der Waals surface area contributed by atoms with Crippen molar-refractivity contribution in [3.63, 3.8) is 0 Å². The topological polar surface area (TPSA) is 96.3 Å². The van der Waals surface area contributed by atoms with E-state index in [-0.39, 0.29) is 5.91 Å². The zero-order valence-electron chi connectivity index (χ0n) is 15.4. The smallest absolute Gasteiger partial charge is 0.257 e. The van der Waals surface area contributed by atoms with Crippen LogP contribution in [0.3, 0.4) is 0 Å². The van der Waals surface area contributed by atoms with Gasteiger partial charge in [0.25, 0.3) is 5.91 Å². The molecule has 0 unspecified atom stereocenters. The number of aromatic nitrogens is 1. The van der Waals surface area contributed by atoms with Gasteiger partial charge in [-0.3, -0.25) is 4.79 Å². The fourth-order valence-electron chi connectivity index (χ4n) is 2.48. The lowest BCUT2D eigenvalue weighted by Gasteiger charge is -2.12. The number of methoxy groups -OCH3 is 2. The van der Waals surface area contributed by atoms with Gasteiger partial charge in [0.1, 0.15) is 17.3 Å². The predicted molar refractivity (Wildman–Crippen MR) is 106 cm³/mol. The van der Waals surface area contributed by atoms with Crippen molar-refractivity contribution in [1.82, 2.24) is 4.98 Å². The van der Waals surface area contributed by atoms with Gasteiger partial charge in [0.05, 0.1) is 37.1 Å². The molecule has 0 fully saturated rings. The van der Waals surface area contributed by atoms with Gasteiger partial charge >= 0.3 is 0 Å². The van der Waals surface area contributed by atoms with Crippen molar-refractivity contribution in [1.29, 1.82) is 5.26 Å². The first-order valence-electron chi connectivity index (χ1n) is 8.39. The third kappa shape index (κ3) is 4.37. The summed E-state index contributed by atoms with van der Waals surface area (Å²) in [7, 11) is 3.08. The molecular weight excluding hydrogens is 356 g/mol. The van der Waals surface area contributed by atoms with Crippen LogP contribution in [0.5, 0.6) is 11.5 Å². The molecule has 0 radical (unpaired) electrons. The number of nitrogens with zero attached hydrogens (tertiary/aromatic N) is 2. The van der Waals surface area contributed by atoms with Gasteiger partial charge in [0, 0.05) is 18.0 Å². The summed E-state index contributed by atoms with van der Waals surface area (Å²) < 4.78 is 10.5. The van der Waals surface area contributed by atoms with E-state index >= 15 is 0 Å². The molecule has 0 saturated carbocycles. The maximum Gasteiger partial charge on any atom is 0.257 e. The van der Waals surface area contributed by atoms with Gasteiger partial charge in [0.15, 0.2) is 0 Å². The van der Waals surface area contributed by atoms with Gasteiger partial charge in [-0.05, 0) is 48.5 Å². The fraction of sp³-hybridized carbons (Fsp3) is 0.0952. The molecule has 0 spiro atoms. The van der Waals surface area contributed by atoms with Gasteiger partial charge in [-0.2, -0.15) is 5.26 Å². The quantitative estimate of drug-likeness (QED) is 0.678. The van der Waals surface area contributed by atoms with Crippen LogP contribution in [-0.2, 0) is 0 Å². The molecule has 0 bridgehead atoms. The Morgan fingerprint density at radius 3 is 2.43 bits per heavy atom. The molecule has 1 heterocycles. The molecule has 0 aliphatic carbocycles. The summed E-state index contributed by atoms with van der Waals surface area (Å²) in [5.74, 6) is 1.40. The average molecular weight is 374 g/mol. The predicted octanol–water partition coefficient (Wildman–Crippen LogP) is 3.97. The Bertz CT molecular complexity index is 1010. The molecule has 3 aromatic rings. The van der Waals surface area contributed by atoms with Crippen LogP contribution in [-0.4, -0.2) is 25.1 Å². The molecule has 28 heavy (non-hydrogen) atoms. The van der Waals surface area contributed by atoms with E-state index in [1.807, 2.05) is 0 Å².